The van der Waals surface area contributed by atoms with E-state index in [4.69, 9.17) is 16.3 Å². The number of nitrogens with zero attached hydrogens (tertiary/aromatic N) is 1. The fraction of sp³-hybridized carbons (Fsp3) is 0. The molecule has 0 fully saturated rings. The van der Waals surface area contributed by atoms with E-state index in [1.807, 2.05) is 30.3 Å². The van der Waals surface area contributed by atoms with Crippen LogP contribution in [0.25, 0.3) is 10.8 Å². The van der Waals surface area contributed by atoms with Crippen LogP contribution in [0.3, 0.4) is 0 Å². The number of esters is 1. The Morgan fingerprint density at radius 3 is 2.20 bits per heavy atom. The lowest BCUT2D eigenvalue weighted by atomic mass is 10.0. The number of anilines is 1. The molecule has 0 aromatic heterocycles. The number of amides is 1. The Balaban J connectivity index is 1.22. The summed E-state index contributed by atoms with van der Waals surface area (Å²) in [7, 11) is -3.95. The molecule has 0 atom stereocenters. The van der Waals surface area contributed by atoms with Crippen LogP contribution in [0.4, 0.5) is 5.69 Å². The van der Waals surface area contributed by atoms with Gasteiger partial charge < -0.3 is 4.74 Å². The predicted molar refractivity (Wildman–Crippen MR) is 159 cm³/mol. The van der Waals surface area contributed by atoms with E-state index in [0.717, 1.165) is 10.8 Å². The fourth-order valence-electron chi connectivity index (χ4n) is 4.00. The Labute approximate surface area is 241 Å². The summed E-state index contributed by atoms with van der Waals surface area (Å²) in [5.74, 6) is -0.733. The molecule has 1 amide bonds. The standard InChI is InChI=1S/C31H22ClN3O5S/c32-23-14-18-25(19-15-23)41(38,39)35-29-11-4-3-9-28(29)30(36)34-33-20-21-12-16-24(17-13-21)40-31(37)27-10-5-7-22-6-1-2-8-26(22)27/h1-20,35H,(H,34,36)/b33-20+. The first-order chi connectivity index (χ1) is 19.8. The van der Waals surface area contributed by atoms with Crippen molar-refractivity contribution in [3.63, 3.8) is 0 Å². The van der Waals surface area contributed by atoms with Gasteiger partial charge in [-0.1, -0.05) is 60.1 Å². The molecular formula is C31H22ClN3O5S. The number of ether oxygens (including phenoxy) is 1. The Kier molecular flexibility index (Phi) is 8.09. The molecule has 0 saturated heterocycles. The minimum atomic E-state index is -3.95. The molecule has 0 aliphatic heterocycles. The first kappa shape index (κ1) is 27.6. The molecule has 10 heteroatoms. The van der Waals surface area contributed by atoms with Gasteiger partial charge in [-0.05, 0) is 83.1 Å². The number of nitrogens with one attached hydrogen (secondary N) is 2. The quantitative estimate of drug-likeness (QED) is 0.0966. The van der Waals surface area contributed by atoms with E-state index in [1.54, 1.807) is 48.5 Å². The number of carbonyl (C=O) groups is 2. The zero-order chi connectivity index (χ0) is 28.8. The molecule has 0 bridgehead atoms. The van der Waals surface area contributed by atoms with Gasteiger partial charge >= 0.3 is 5.97 Å². The van der Waals surface area contributed by atoms with Crippen molar-refractivity contribution in [2.45, 2.75) is 4.90 Å². The van der Waals surface area contributed by atoms with Crippen molar-refractivity contribution >= 4 is 56.2 Å². The Bertz CT molecular complexity index is 1870. The second-order valence-corrected chi connectivity index (χ2v) is 10.9. The summed E-state index contributed by atoms with van der Waals surface area (Å²) < 4.78 is 33.5. The highest BCUT2D eigenvalue weighted by atomic mass is 35.5. The number of hydrazone groups is 1. The van der Waals surface area contributed by atoms with Crippen LogP contribution < -0.4 is 14.9 Å². The van der Waals surface area contributed by atoms with E-state index >= 15 is 0 Å². The van der Waals surface area contributed by atoms with Crippen molar-refractivity contribution in [2.24, 2.45) is 5.10 Å². The van der Waals surface area contributed by atoms with Gasteiger partial charge in [0.25, 0.3) is 15.9 Å². The number of rotatable bonds is 8. The van der Waals surface area contributed by atoms with Crippen LogP contribution in [0.15, 0.2) is 125 Å². The lowest BCUT2D eigenvalue weighted by Gasteiger charge is -2.11. The fourth-order valence-corrected chi connectivity index (χ4v) is 5.21. The number of hydrogen-bond donors (Lipinski definition) is 2. The third kappa shape index (κ3) is 6.60. The molecule has 8 nitrogen and oxygen atoms in total. The average molecular weight is 584 g/mol. The maximum Gasteiger partial charge on any atom is 0.344 e. The van der Waals surface area contributed by atoms with Crippen molar-refractivity contribution in [1.29, 1.82) is 0 Å². The summed E-state index contributed by atoms with van der Waals surface area (Å²) in [6.45, 7) is 0. The molecule has 0 spiro atoms. The van der Waals surface area contributed by atoms with Crippen LogP contribution in [-0.4, -0.2) is 26.5 Å². The van der Waals surface area contributed by atoms with Crippen LogP contribution in [0.5, 0.6) is 5.75 Å². The van der Waals surface area contributed by atoms with Gasteiger partial charge in [0.2, 0.25) is 0 Å². The van der Waals surface area contributed by atoms with Gasteiger partial charge in [0.15, 0.2) is 0 Å². The van der Waals surface area contributed by atoms with Crippen LogP contribution >= 0.6 is 11.6 Å². The summed E-state index contributed by atoms with van der Waals surface area (Å²) in [6, 6.07) is 31.4. The zero-order valence-corrected chi connectivity index (χ0v) is 22.9. The zero-order valence-electron chi connectivity index (χ0n) is 21.3. The minimum absolute atomic E-state index is 0.00128. The summed E-state index contributed by atoms with van der Waals surface area (Å²) in [4.78, 5) is 25.6. The monoisotopic (exact) mass is 583 g/mol. The summed E-state index contributed by atoms with van der Waals surface area (Å²) in [5, 5.41) is 6.12. The number of carbonyl (C=O) groups excluding carboxylic acids is 2. The normalized spacial score (nSPS) is 11.3. The van der Waals surface area contributed by atoms with Crippen LogP contribution in [0.2, 0.25) is 5.02 Å². The van der Waals surface area contributed by atoms with Gasteiger partial charge in [0.1, 0.15) is 5.75 Å². The predicted octanol–water partition coefficient (Wildman–Crippen LogP) is 6.28. The maximum absolute atomic E-state index is 12.8. The molecule has 204 valence electrons. The summed E-state index contributed by atoms with van der Waals surface area (Å²) in [5.41, 5.74) is 3.67. The Morgan fingerprint density at radius 1 is 0.756 bits per heavy atom. The minimum Gasteiger partial charge on any atom is -0.423 e. The number of benzene rings is 5. The van der Waals surface area contributed by atoms with Crippen molar-refractivity contribution in [3.8, 4) is 5.75 Å². The Morgan fingerprint density at radius 2 is 1.41 bits per heavy atom. The van der Waals surface area contributed by atoms with Gasteiger partial charge in [0, 0.05) is 5.02 Å². The first-order valence-corrected chi connectivity index (χ1v) is 14.2. The summed E-state index contributed by atoms with van der Waals surface area (Å²) in [6.07, 6.45) is 1.41. The second kappa shape index (κ2) is 12.0. The highest BCUT2D eigenvalue weighted by molar-refractivity contribution is 7.92. The van der Waals surface area contributed by atoms with Crippen molar-refractivity contribution in [3.05, 3.63) is 137 Å². The van der Waals surface area contributed by atoms with Crippen molar-refractivity contribution in [1.82, 2.24) is 5.43 Å². The molecule has 0 aliphatic rings. The maximum atomic E-state index is 12.8. The number of halogens is 1. The number of fused-ring (bicyclic) bond motifs is 1. The molecule has 0 unspecified atom stereocenters. The van der Waals surface area contributed by atoms with Crippen molar-refractivity contribution < 1.29 is 22.7 Å². The molecule has 0 radical (unpaired) electrons. The van der Waals surface area contributed by atoms with E-state index in [0.29, 0.717) is 21.9 Å². The van der Waals surface area contributed by atoms with Gasteiger partial charge in [-0.2, -0.15) is 5.10 Å². The third-order valence-electron chi connectivity index (χ3n) is 6.02. The van der Waals surface area contributed by atoms with E-state index in [2.05, 4.69) is 15.2 Å². The number of para-hydroxylation sites is 1. The van der Waals surface area contributed by atoms with E-state index in [1.165, 1.54) is 42.6 Å². The summed E-state index contributed by atoms with van der Waals surface area (Å²) >= 11 is 5.85. The topological polar surface area (TPSA) is 114 Å². The third-order valence-corrected chi connectivity index (χ3v) is 7.65. The largest absolute Gasteiger partial charge is 0.423 e. The molecule has 0 heterocycles. The lowest BCUT2D eigenvalue weighted by molar-refractivity contribution is 0.0736. The molecule has 0 saturated carbocycles. The molecule has 5 rings (SSSR count). The van der Waals surface area contributed by atoms with Gasteiger partial charge in [-0.3, -0.25) is 9.52 Å². The van der Waals surface area contributed by atoms with Crippen LogP contribution in [0, 0.1) is 0 Å². The second-order valence-electron chi connectivity index (χ2n) is 8.79. The van der Waals surface area contributed by atoms with Gasteiger partial charge in [-0.25, -0.2) is 18.6 Å². The first-order valence-electron chi connectivity index (χ1n) is 12.3. The molecule has 5 aromatic rings. The van der Waals surface area contributed by atoms with E-state index < -0.39 is 21.9 Å². The highest BCUT2D eigenvalue weighted by Crippen LogP contribution is 2.23. The van der Waals surface area contributed by atoms with Crippen LogP contribution in [-0.2, 0) is 10.0 Å². The lowest BCUT2D eigenvalue weighted by Crippen LogP contribution is -2.21. The Hall–Kier alpha value is -4.99. The van der Waals surface area contributed by atoms with E-state index in [9.17, 15) is 18.0 Å². The van der Waals surface area contributed by atoms with Gasteiger partial charge in [-0.15, -0.1) is 0 Å². The highest BCUT2D eigenvalue weighted by Gasteiger charge is 2.18. The van der Waals surface area contributed by atoms with Gasteiger partial charge in [0.05, 0.1) is 27.9 Å². The molecule has 2 N–H and O–H groups in total. The smallest absolute Gasteiger partial charge is 0.344 e. The number of sulfonamides is 1. The van der Waals surface area contributed by atoms with Crippen molar-refractivity contribution in [2.75, 3.05) is 4.72 Å². The molecule has 0 aliphatic carbocycles. The molecular weight excluding hydrogens is 562 g/mol. The number of hydrogen-bond acceptors (Lipinski definition) is 6. The van der Waals surface area contributed by atoms with Crippen LogP contribution in [0.1, 0.15) is 26.3 Å². The SMILES string of the molecule is O=C(N/N=C/c1ccc(OC(=O)c2cccc3ccccc23)cc1)c1ccccc1NS(=O)(=O)c1ccc(Cl)cc1. The molecule has 41 heavy (non-hydrogen) atoms. The van der Waals surface area contributed by atoms with E-state index in [-0.39, 0.29) is 16.1 Å². The average Bonchev–Trinajstić information content (AvgIpc) is 2.98. The molecule has 5 aromatic carbocycles.